The number of hydrogen-bond acceptors (Lipinski definition) is 5. The number of carboxylic acid groups (broad SMARTS) is 1. The van der Waals surface area contributed by atoms with Crippen LogP contribution in [0.3, 0.4) is 0 Å². The van der Waals surface area contributed by atoms with Gasteiger partial charge in [-0.2, -0.15) is 5.26 Å². The number of hydrogen-bond donors (Lipinski definition) is 2. The first-order valence-corrected chi connectivity index (χ1v) is 8.96. The highest BCUT2D eigenvalue weighted by atomic mass is 79.9. The van der Waals surface area contributed by atoms with Crippen molar-refractivity contribution < 1.29 is 24.2 Å². The molecule has 0 fully saturated rings. The van der Waals surface area contributed by atoms with Gasteiger partial charge in [0.05, 0.1) is 29.4 Å². The average Bonchev–Trinajstić information content (AvgIpc) is 2.66. The SMILES string of the molecule is CCOc1cc(/C=C(\C#N)C(=O)Nc2ccccc2C(=O)O)cc(Br)c1OC. The number of carbonyl (C=O) groups excluding carboxylic acids is 1. The Labute approximate surface area is 170 Å². The number of nitriles is 1. The Kier molecular flexibility index (Phi) is 7.18. The maximum absolute atomic E-state index is 12.5. The van der Waals surface area contributed by atoms with Gasteiger partial charge in [-0.05, 0) is 58.8 Å². The zero-order chi connectivity index (χ0) is 20.7. The van der Waals surface area contributed by atoms with Gasteiger partial charge < -0.3 is 19.9 Å². The minimum atomic E-state index is -1.18. The number of benzene rings is 2. The van der Waals surface area contributed by atoms with Crippen LogP contribution in [0.1, 0.15) is 22.8 Å². The minimum Gasteiger partial charge on any atom is -0.492 e. The summed E-state index contributed by atoms with van der Waals surface area (Å²) in [6, 6.07) is 11.1. The second kappa shape index (κ2) is 9.58. The fourth-order valence-corrected chi connectivity index (χ4v) is 3.04. The fraction of sp³-hybridized carbons (Fsp3) is 0.150. The van der Waals surface area contributed by atoms with Gasteiger partial charge in [0, 0.05) is 0 Å². The summed E-state index contributed by atoms with van der Waals surface area (Å²) in [6.07, 6.45) is 1.38. The van der Waals surface area contributed by atoms with Crippen molar-refractivity contribution >= 4 is 39.6 Å². The number of nitrogens with one attached hydrogen (secondary N) is 1. The molecule has 0 aliphatic heterocycles. The molecular weight excluding hydrogens is 428 g/mol. The van der Waals surface area contributed by atoms with E-state index in [-0.39, 0.29) is 16.8 Å². The summed E-state index contributed by atoms with van der Waals surface area (Å²) in [4.78, 5) is 23.7. The lowest BCUT2D eigenvalue weighted by molar-refractivity contribution is -0.112. The van der Waals surface area contributed by atoms with Crippen LogP contribution < -0.4 is 14.8 Å². The molecule has 144 valence electrons. The van der Waals surface area contributed by atoms with E-state index in [0.29, 0.717) is 28.1 Å². The van der Waals surface area contributed by atoms with Gasteiger partial charge in [-0.15, -0.1) is 0 Å². The number of anilines is 1. The zero-order valence-electron chi connectivity index (χ0n) is 15.2. The van der Waals surface area contributed by atoms with E-state index in [1.807, 2.05) is 13.0 Å². The number of carbonyl (C=O) groups is 2. The molecule has 7 nitrogen and oxygen atoms in total. The molecule has 0 atom stereocenters. The molecule has 28 heavy (non-hydrogen) atoms. The van der Waals surface area contributed by atoms with Crippen LogP contribution in [-0.2, 0) is 4.79 Å². The number of aromatic carboxylic acids is 1. The summed E-state index contributed by atoms with van der Waals surface area (Å²) in [7, 11) is 1.51. The summed E-state index contributed by atoms with van der Waals surface area (Å²) in [5, 5.41) is 21.1. The number of para-hydroxylation sites is 1. The summed E-state index contributed by atoms with van der Waals surface area (Å²) < 4.78 is 11.4. The topological polar surface area (TPSA) is 109 Å². The maximum atomic E-state index is 12.5. The Bertz CT molecular complexity index is 979. The number of halogens is 1. The monoisotopic (exact) mass is 444 g/mol. The van der Waals surface area contributed by atoms with Gasteiger partial charge in [0.25, 0.3) is 5.91 Å². The van der Waals surface area contributed by atoms with Gasteiger partial charge >= 0.3 is 5.97 Å². The number of carboxylic acids is 1. The van der Waals surface area contributed by atoms with Gasteiger partial charge in [0.1, 0.15) is 11.6 Å². The Morgan fingerprint density at radius 2 is 2.04 bits per heavy atom. The molecule has 0 saturated heterocycles. The van der Waals surface area contributed by atoms with E-state index >= 15 is 0 Å². The van der Waals surface area contributed by atoms with Crippen LogP contribution in [0.2, 0.25) is 0 Å². The normalized spacial score (nSPS) is 10.7. The summed E-state index contributed by atoms with van der Waals surface area (Å²) in [6.45, 7) is 2.23. The summed E-state index contributed by atoms with van der Waals surface area (Å²) in [5.74, 6) is -0.947. The van der Waals surface area contributed by atoms with Crippen molar-refractivity contribution in [2.24, 2.45) is 0 Å². The number of amides is 1. The van der Waals surface area contributed by atoms with Gasteiger partial charge in [0.15, 0.2) is 11.5 Å². The first kappa shape index (κ1) is 21.0. The molecule has 0 bridgehead atoms. The molecule has 0 heterocycles. The average molecular weight is 445 g/mol. The molecule has 1 amide bonds. The Morgan fingerprint density at radius 3 is 2.64 bits per heavy atom. The molecule has 0 aromatic heterocycles. The lowest BCUT2D eigenvalue weighted by Gasteiger charge is -2.12. The number of ether oxygens (including phenoxy) is 2. The van der Waals surface area contributed by atoms with E-state index in [2.05, 4.69) is 21.2 Å². The fourth-order valence-electron chi connectivity index (χ4n) is 2.42. The molecule has 8 heteroatoms. The molecular formula is C20H17BrN2O5. The smallest absolute Gasteiger partial charge is 0.337 e. The molecule has 0 saturated carbocycles. The number of methoxy groups -OCH3 is 1. The molecule has 0 unspecified atom stereocenters. The lowest BCUT2D eigenvalue weighted by Crippen LogP contribution is -2.16. The van der Waals surface area contributed by atoms with Crippen molar-refractivity contribution in [3.63, 3.8) is 0 Å². The second-order valence-corrected chi connectivity index (χ2v) is 6.30. The van der Waals surface area contributed by atoms with Crippen LogP contribution in [-0.4, -0.2) is 30.7 Å². The van der Waals surface area contributed by atoms with E-state index < -0.39 is 11.9 Å². The van der Waals surface area contributed by atoms with Gasteiger partial charge in [0.2, 0.25) is 0 Å². The quantitative estimate of drug-likeness (QED) is 0.491. The highest BCUT2D eigenvalue weighted by Gasteiger charge is 2.16. The van der Waals surface area contributed by atoms with Crippen LogP contribution in [0.25, 0.3) is 6.08 Å². The minimum absolute atomic E-state index is 0.0704. The largest absolute Gasteiger partial charge is 0.492 e. The third-order valence-electron chi connectivity index (χ3n) is 3.62. The predicted octanol–water partition coefficient (Wildman–Crippen LogP) is 4.10. The molecule has 0 aliphatic carbocycles. The molecule has 2 aromatic carbocycles. The van der Waals surface area contributed by atoms with Crippen molar-refractivity contribution in [3.8, 4) is 17.6 Å². The van der Waals surface area contributed by atoms with Crippen LogP contribution in [0, 0.1) is 11.3 Å². The van der Waals surface area contributed by atoms with Gasteiger partial charge in [-0.3, -0.25) is 4.79 Å². The van der Waals surface area contributed by atoms with Crippen molar-refractivity contribution in [1.82, 2.24) is 0 Å². The molecule has 2 aromatic rings. The van der Waals surface area contributed by atoms with Crippen molar-refractivity contribution in [3.05, 3.63) is 57.6 Å². The van der Waals surface area contributed by atoms with Gasteiger partial charge in [-0.25, -0.2) is 4.79 Å². The van der Waals surface area contributed by atoms with Crippen molar-refractivity contribution in [2.45, 2.75) is 6.92 Å². The van der Waals surface area contributed by atoms with Crippen LogP contribution in [0.5, 0.6) is 11.5 Å². The lowest BCUT2D eigenvalue weighted by atomic mass is 10.1. The third kappa shape index (κ3) is 4.90. The van der Waals surface area contributed by atoms with Crippen LogP contribution in [0.15, 0.2) is 46.4 Å². The highest BCUT2D eigenvalue weighted by molar-refractivity contribution is 9.10. The molecule has 0 spiro atoms. The zero-order valence-corrected chi connectivity index (χ0v) is 16.7. The van der Waals surface area contributed by atoms with E-state index in [4.69, 9.17) is 9.47 Å². The Morgan fingerprint density at radius 1 is 1.32 bits per heavy atom. The van der Waals surface area contributed by atoms with E-state index in [1.165, 1.54) is 25.3 Å². The standard InChI is InChI=1S/C20H17BrN2O5/c1-3-28-17-10-12(9-15(21)18(17)27-2)8-13(11-22)19(24)23-16-7-5-4-6-14(16)20(25)26/h4-10H,3H2,1-2H3,(H,23,24)(H,25,26)/b13-8+. The van der Waals surface area contributed by atoms with Gasteiger partial charge in [-0.1, -0.05) is 12.1 Å². The Hall–Kier alpha value is -3.31. The van der Waals surface area contributed by atoms with Crippen LogP contribution in [0.4, 0.5) is 5.69 Å². The molecule has 0 aliphatic rings. The third-order valence-corrected chi connectivity index (χ3v) is 4.21. The summed E-state index contributed by atoms with van der Waals surface area (Å²) in [5.41, 5.74) is 0.375. The number of nitrogens with zero attached hydrogens (tertiary/aromatic N) is 1. The van der Waals surface area contributed by atoms with Crippen molar-refractivity contribution in [2.75, 3.05) is 19.0 Å². The molecule has 2 rings (SSSR count). The van der Waals surface area contributed by atoms with E-state index in [0.717, 1.165) is 0 Å². The Balaban J connectivity index is 2.38. The number of rotatable bonds is 7. The van der Waals surface area contributed by atoms with Crippen LogP contribution >= 0.6 is 15.9 Å². The van der Waals surface area contributed by atoms with E-state index in [9.17, 15) is 20.0 Å². The first-order chi connectivity index (χ1) is 13.4. The predicted molar refractivity (Wildman–Crippen MR) is 107 cm³/mol. The highest BCUT2D eigenvalue weighted by Crippen LogP contribution is 2.37. The summed E-state index contributed by atoms with van der Waals surface area (Å²) >= 11 is 3.37. The van der Waals surface area contributed by atoms with E-state index in [1.54, 1.807) is 24.3 Å². The first-order valence-electron chi connectivity index (χ1n) is 8.17. The molecule has 0 radical (unpaired) electrons. The molecule has 2 N–H and O–H groups in total. The second-order valence-electron chi connectivity index (χ2n) is 5.44. The maximum Gasteiger partial charge on any atom is 0.337 e. The van der Waals surface area contributed by atoms with Crippen molar-refractivity contribution in [1.29, 1.82) is 5.26 Å².